The molecule has 0 bridgehead atoms. The first kappa shape index (κ1) is 14.0. The molecule has 1 aliphatic carbocycles. The molecule has 2 aliphatic rings. The number of fused-ring (bicyclic) bond motifs is 1. The van der Waals surface area contributed by atoms with Crippen molar-refractivity contribution in [2.24, 2.45) is 0 Å². The first-order valence-corrected chi connectivity index (χ1v) is 8.66. The zero-order valence-electron chi connectivity index (χ0n) is 13.4. The summed E-state index contributed by atoms with van der Waals surface area (Å²) >= 11 is 0. The second-order valence-electron chi connectivity index (χ2n) is 6.84. The molecule has 3 aromatic rings. The average molecular weight is 324 g/mol. The molecule has 1 aromatic carbocycles. The fourth-order valence-corrected chi connectivity index (χ4v) is 3.64. The summed E-state index contributed by atoms with van der Waals surface area (Å²) in [6, 6.07) is 6.65. The van der Waals surface area contributed by atoms with Gasteiger partial charge in [-0.3, -0.25) is 9.25 Å². The summed E-state index contributed by atoms with van der Waals surface area (Å²) in [5.74, 6) is 0.665. The molecule has 1 saturated carbocycles. The number of benzene rings is 1. The van der Waals surface area contributed by atoms with Crippen molar-refractivity contribution < 1.29 is 4.74 Å². The summed E-state index contributed by atoms with van der Waals surface area (Å²) in [5.41, 5.74) is 3.86. The van der Waals surface area contributed by atoms with E-state index in [0.717, 1.165) is 42.8 Å². The van der Waals surface area contributed by atoms with E-state index in [9.17, 15) is 4.79 Å². The van der Waals surface area contributed by atoms with Gasteiger partial charge in [0.1, 0.15) is 0 Å². The third kappa shape index (κ3) is 2.29. The minimum absolute atomic E-state index is 0.107. The van der Waals surface area contributed by atoms with Gasteiger partial charge in [0.25, 0.3) is 0 Å². The minimum Gasteiger partial charge on any atom is -0.381 e. The summed E-state index contributed by atoms with van der Waals surface area (Å²) in [6.07, 6.45) is 8.21. The molecule has 0 amide bonds. The lowest BCUT2D eigenvalue weighted by Crippen LogP contribution is -2.20. The number of rotatable bonds is 3. The van der Waals surface area contributed by atoms with E-state index in [2.05, 4.69) is 22.2 Å². The van der Waals surface area contributed by atoms with Crippen molar-refractivity contribution in [1.29, 1.82) is 0 Å². The Bertz CT molecular complexity index is 941. The molecule has 124 valence electrons. The third-order valence-electron chi connectivity index (χ3n) is 5.17. The van der Waals surface area contributed by atoms with Crippen LogP contribution >= 0.6 is 0 Å². The van der Waals surface area contributed by atoms with Crippen molar-refractivity contribution in [3.05, 3.63) is 46.6 Å². The van der Waals surface area contributed by atoms with Gasteiger partial charge in [0, 0.05) is 19.4 Å². The smallest absolute Gasteiger partial charge is 0.331 e. The van der Waals surface area contributed by atoms with Gasteiger partial charge >= 0.3 is 5.69 Å². The molecule has 3 heterocycles. The molecule has 1 N–H and O–H groups in total. The number of nitrogens with zero attached hydrogens (tertiary/aromatic N) is 3. The van der Waals surface area contributed by atoms with Crippen molar-refractivity contribution in [1.82, 2.24) is 19.3 Å². The van der Waals surface area contributed by atoms with Crippen LogP contribution in [-0.4, -0.2) is 32.5 Å². The molecule has 0 atom stereocenters. The SMILES string of the molecule is O=c1[nH]c2ccc(C3CC3)cc2n1-c1cnn(C2CCOCC2)c1. The van der Waals surface area contributed by atoms with Gasteiger partial charge in [-0.2, -0.15) is 5.10 Å². The van der Waals surface area contributed by atoms with Gasteiger partial charge in [-0.1, -0.05) is 6.07 Å². The van der Waals surface area contributed by atoms with Crippen LogP contribution in [0.3, 0.4) is 0 Å². The van der Waals surface area contributed by atoms with Crippen LogP contribution < -0.4 is 5.69 Å². The minimum atomic E-state index is -0.107. The Hall–Kier alpha value is -2.34. The van der Waals surface area contributed by atoms with E-state index in [4.69, 9.17) is 4.74 Å². The molecule has 1 saturated heterocycles. The van der Waals surface area contributed by atoms with E-state index < -0.39 is 0 Å². The highest BCUT2D eigenvalue weighted by Crippen LogP contribution is 2.40. The summed E-state index contributed by atoms with van der Waals surface area (Å²) in [5, 5.41) is 4.50. The molecule has 2 fully saturated rings. The number of ether oxygens (including phenoxy) is 1. The van der Waals surface area contributed by atoms with E-state index in [1.54, 1.807) is 10.8 Å². The molecule has 2 aromatic heterocycles. The van der Waals surface area contributed by atoms with Crippen molar-refractivity contribution in [2.45, 2.75) is 37.6 Å². The lowest BCUT2D eigenvalue weighted by molar-refractivity contribution is 0.0662. The molecule has 24 heavy (non-hydrogen) atoms. The standard InChI is InChI=1S/C18H20N4O2/c23-18-20-16-4-3-13(12-1-2-12)9-17(16)22(18)15-10-19-21(11-15)14-5-7-24-8-6-14/h3-4,9-12,14H,1-2,5-8H2,(H,20,23). The van der Waals surface area contributed by atoms with Crippen LogP contribution in [0.4, 0.5) is 0 Å². The van der Waals surface area contributed by atoms with Crippen LogP contribution in [0.1, 0.15) is 43.2 Å². The average Bonchev–Trinajstić information content (AvgIpc) is 3.26. The topological polar surface area (TPSA) is 64.8 Å². The fourth-order valence-electron chi connectivity index (χ4n) is 3.64. The normalized spacial score (nSPS) is 19.2. The summed E-state index contributed by atoms with van der Waals surface area (Å²) in [6.45, 7) is 1.55. The Kier molecular flexibility index (Phi) is 3.13. The molecule has 1 aliphatic heterocycles. The Morgan fingerprint density at radius 1 is 1.17 bits per heavy atom. The van der Waals surface area contributed by atoms with Crippen LogP contribution in [0.15, 0.2) is 35.4 Å². The summed E-state index contributed by atoms with van der Waals surface area (Å²) in [7, 11) is 0. The first-order chi connectivity index (χ1) is 11.8. The van der Waals surface area contributed by atoms with E-state index in [1.165, 1.54) is 18.4 Å². The van der Waals surface area contributed by atoms with E-state index >= 15 is 0 Å². The van der Waals surface area contributed by atoms with Gasteiger partial charge in [0.05, 0.1) is 29.0 Å². The maximum atomic E-state index is 12.5. The van der Waals surface area contributed by atoms with Gasteiger partial charge in [-0.15, -0.1) is 0 Å². The lowest BCUT2D eigenvalue weighted by Gasteiger charge is -2.22. The molecule has 0 unspecified atom stereocenters. The molecule has 6 heteroatoms. The molecule has 0 spiro atoms. The van der Waals surface area contributed by atoms with Gasteiger partial charge < -0.3 is 9.72 Å². The van der Waals surface area contributed by atoms with Crippen LogP contribution in [0, 0.1) is 0 Å². The molecule has 5 rings (SSSR count). The molecule has 6 nitrogen and oxygen atoms in total. The van der Waals surface area contributed by atoms with Gasteiger partial charge in [-0.05, 0) is 49.3 Å². The predicted octanol–water partition coefficient (Wildman–Crippen LogP) is 2.74. The number of H-pyrrole nitrogens is 1. The van der Waals surface area contributed by atoms with Crippen molar-refractivity contribution >= 4 is 11.0 Å². The highest BCUT2D eigenvalue weighted by atomic mass is 16.5. The summed E-state index contributed by atoms with van der Waals surface area (Å²) < 4.78 is 9.14. The zero-order chi connectivity index (χ0) is 16.1. The highest BCUT2D eigenvalue weighted by molar-refractivity contribution is 5.78. The fraction of sp³-hybridized carbons (Fsp3) is 0.444. The number of aromatic amines is 1. The molecular formula is C18H20N4O2. The maximum Gasteiger partial charge on any atom is 0.331 e. The van der Waals surface area contributed by atoms with Crippen LogP contribution in [0.25, 0.3) is 16.7 Å². The van der Waals surface area contributed by atoms with Crippen molar-refractivity contribution in [3.8, 4) is 5.69 Å². The van der Waals surface area contributed by atoms with Crippen LogP contribution in [-0.2, 0) is 4.74 Å². The van der Waals surface area contributed by atoms with E-state index in [1.807, 2.05) is 16.9 Å². The van der Waals surface area contributed by atoms with Gasteiger partial charge in [-0.25, -0.2) is 4.79 Å². The number of imidazole rings is 1. The number of aromatic nitrogens is 4. The monoisotopic (exact) mass is 324 g/mol. The number of nitrogens with one attached hydrogen (secondary N) is 1. The molecular weight excluding hydrogens is 304 g/mol. The third-order valence-corrected chi connectivity index (χ3v) is 5.17. The lowest BCUT2D eigenvalue weighted by atomic mass is 10.1. The van der Waals surface area contributed by atoms with Crippen molar-refractivity contribution in [3.63, 3.8) is 0 Å². The zero-order valence-corrected chi connectivity index (χ0v) is 13.4. The number of hydrogen-bond donors (Lipinski definition) is 1. The van der Waals surface area contributed by atoms with Gasteiger partial charge in [0.2, 0.25) is 0 Å². The largest absolute Gasteiger partial charge is 0.381 e. The number of hydrogen-bond acceptors (Lipinski definition) is 3. The van der Waals surface area contributed by atoms with E-state index in [0.29, 0.717) is 12.0 Å². The maximum absolute atomic E-state index is 12.5. The Morgan fingerprint density at radius 2 is 2.00 bits per heavy atom. The summed E-state index contributed by atoms with van der Waals surface area (Å²) in [4.78, 5) is 15.4. The predicted molar refractivity (Wildman–Crippen MR) is 90.7 cm³/mol. The van der Waals surface area contributed by atoms with Gasteiger partial charge in [0.15, 0.2) is 0 Å². The first-order valence-electron chi connectivity index (χ1n) is 8.66. The Morgan fingerprint density at radius 3 is 2.79 bits per heavy atom. The second kappa shape index (κ2) is 5.34. The van der Waals surface area contributed by atoms with E-state index in [-0.39, 0.29) is 5.69 Å². The molecule has 0 radical (unpaired) electrons. The van der Waals surface area contributed by atoms with Crippen LogP contribution in [0.5, 0.6) is 0 Å². The Balaban J connectivity index is 1.58. The Labute approximate surface area is 139 Å². The highest BCUT2D eigenvalue weighted by Gasteiger charge is 2.24. The second-order valence-corrected chi connectivity index (χ2v) is 6.84. The quantitative estimate of drug-likeness (QED) is 0.805. The van der Waals surface area contributed by atoms with Crippen molar-refractivity contribution in [2.75, 3.05) is 13.2 Å². The van der Waals surface area contributed by atoms with Crippen LogP contribution in [0.2, 0.25) is 0 Å².